The molecule has 0 amide bonds. The van der Waals surface area contributed by atoms with Gasteiger partial charge in [-0.05, 0) is 23.6 Å². The molecule has 2 nitrogen and oxygen atoms in total. The Morgan fingerprint density at radius 1 is 1.21 bits per heavy atom. The van der Waals surface area contributed by atoms with Crippen LogP contribution in [0.3, 0.4) is 0 Å². The van der Waals surface area contributed by atoms with Gasteiger partial charge in [0.1, 0.15) is 0 Å². The van der Waals surface area contributed by atoms with Gasteiger partial charge in [0.05, 0.1) is 5.56 Å². The van der Waals surface area contributed by atoms with Crippen molar-refractivity contribution in [3.63, 3.8) is 0 Å². The molecule has 0 aliphatic heterocycles. The van der Waals surface area contributed by atoms with Crippen LogP contribution in [0.2, 0.25) is 0 Å². The zero-order valence-electron chi connectivity index (χ0n) is 10.9. The minimum absolute atomic E-state index is 0.0214. The number of hydrogen-bond acceptors (Lipinski definition) is 1. The number of aromatic nitrogens is 1. The second kappa shape index (κ2) is 4.40. The van der Waals surface area contributed by atoms with Gasteiger partial charge < -0.3 is 4.57 Å². The first-order valence-corrected chi connectivity index (χ1v) is 5.93. The summed E-state index contributed by atoms with van der Waals surface area (Å²) in [6.07, 6.45) is -2.97. The minimum atomic E-state index is -4.46. The summed E-state index contributed by atoms with van der Waals surface area (Å²) in [6, 6.07) is 3.74. The van der Waals surface area contributed by atoms with Crippen LogP contribution in [0.25, 0.3) is 10.8 Å². The van der Waals surface area contributed by atoms with Crippen LogP contribution in [0.15, 0.2) is 29.2 Å². The summed E-state index contributed by atoms with van der Waals surface area (Å²) in [5.41, 5.74) is -0.623. The molecule has 0 N–H and O–H groups in total. The summed E-state index contributed by atoms with van der Waals surface area (Å²) in [5.74, 6) is -0.0993. The third-order valence-electron chi connectivity index (χ3n) is 3.16. The highest BCUT2D eigenvalue weighted by Gasteiger charge is 2.34. The predicted molar refractivity (Wildman–Crippen MR) is 68.3 cm³/mol. The van der Waals surface area contributed by atoms with Crippen LogP contribution in [0.1, 0.15) is 30.9 Å². The van der Waals surface area contributed by atoms with E-state index in [-0.39, 0.29) is 16.7 Å². The first-order valence-electron chi connectivity index (χ1n) is 5.93. The van der Waals surface area contributed by atoms with Crippen molar-refractivity contribution in [1.82, 2.24) is 4.57 Å². The van der Waals surface area contributed by atoms with Crippen molar-refractivity contribution >= 4 is 10.8 Å². The highest BCUT2D eigenvalue weighted by atomic mass is 19.4. The molecule has 19 heavy (non-hydrogen) atoms. The van der Waals surface area contributed by atoms with E-state index in [0.29, 0.717) is 5.56 Å². The Kier molecular flexibility index (Phi) is 3.16. The highest BCUT2D eigenvalue weighted by molar-refractivity contribution is 5.88. The standard InChI is InChI=1S/C14H14F3NO/c1-8(2)10-7-18(3)13(19)9-5-4-6-11(12(9)10)14(15,16)17/h4-8H,1-3H3. The van der Waals surface area contributed by atoms with Crippen LogP contribution in [-0.2, 0) is 13.2 Å². The fourth-order valence-electron chi connectivity index (χ4n) is 2.24. The normalized spacial score (nSPS) is 12.4. The fraction of sp³-hybridized carbons (Fsp3) is 0.357. The lowest BCUT2D eigenvalue weighted by atomic mass is 9.94. The Balaban J connectivity index is 3.03. The quantitative estimate of drug-likeness (QED) is 0.774. The molecule has 1 aromatic heterocycles. The van der Waals surface area contributed by atoms with Crippen LogP contribution in [0.4, 0.5) is 13.2 Å². The minimum Gasteiger partial charge on any atom is -0.318 e. The molecule has 0 radical (unpaired) electrons. The topological polar surface area (TPSA) is 22.0 Å². The first kappa shape index (κ1) is 13.6. The Morgan fingerprint density at radius 2 is 1.84 bits per heavy atom. The van der Waals surface area contributed by atoms with Gasteiger partial charge in [-0.25, -0.2) is 0 Å². The zero-order chi connectivity index (χ0) is 14.4. The summed E-state index contributed by atoms with van der Waals surface area (Å²) >= 11 is 0. The predicted octanol–water partition coefficient (Wildman–Crippen LogP) is 3.68. The maximum absolute atomic E-state index is 13.1. The lowest BCUT2D eigenvalue weighted by Crippen LogP contribution is -2.20. The molecule has 0 fully saturated rings. The number of alkyl halides is 3. The van der Waals surface area contributed by atoms with Gasteiger partial charge in [0, 0.05) is 24.0 Å². The Bertz CT molecular complexity index is 683. The maximum atomic E-state index is 13.1. The smallest absolute Gasteiger partial charge is 0.318 e. The van der Waals surface area contributed by atoms with Crippen LogP contribution >= 0.6 is 0 Å². The van der Waals surface area contributed by atoms with Gasteiger partial charge in [0.25, 0.3) is 5.56 Å². The van der Waals surface area contributed by atoms with E-state index in [4.69, 9.17) is 0 Å². The summed E-state index contributed by atoms with van der Waals surface area (Å²) in [7, 11) is 1.55. The number of rotatable bonds is 1. The molecular weight excluding hydrogens is 255 g/mol. The molecular formula is C14H14F3NO. The molecule has 2 rings (SSSR count). The van der Waals surface area contributed by atoms with E-state index in [1.807, 2.05) is 13.8 Å². The molecule has 102 valence electrons. The summed E-state index contributed by atoms with van der Waals surface area (Å²) < 4.78 is 40.6. The van der Waals surface area contributed by atoms with Crippen LogP contribution in [0.5, 0.6) is 0 Å². The van der Waals surface area contributed by atoms with Crippen LogP contribution in [-0.4, -0.2) is 4.57 Å². The van der Waals surface area contributed by atoms with Crippen molar-refractivity contribution in [2.75, 3.05) is 0 Å². The SMILES string of the molecule is CC(C)c1cn(C)c(=O)c2cccc(C(F)(F)F)c12. The average molecular weight is 269 g/mol. The molecule has 1 aromatic carbocycles. The third kappa shape index (κ3) is 2.25. The van der Waals surface area contributed by atoms with Gasteiger partial charge in [-0.3, -0.25) is 4.79 Å². The van der Waals surface area contributed by atoms with E-state index in [9.17, 15) is 18.0 Å². The molecule has 0 saturated carbocycles. The number of nitrogens with zero attached hydrogens (tertiary/aromatic N) is 1. The first-order chi connectivity index (χ1) is 8.73. The van der Waals surface area contributed by atoms with Crippen molar-refractivity contribution in [3.05, 3.63) is 45.9 Å². The van der Waals surface area contributed by atoms with Crippen LogP contribution in [0, 0.1) is 0 Å². The molecule has 0 aliphatic rings. The molecule has 0 spiro atoms. The van der Waals surface area contributed by atoms with E-state index in [2.05, 4.69) is 0 Å². The van der Waals surface area contributed by atoms with Crippen LogP contribution < -0.4 is 5.56 Å². The number of hydrogen-bond donors (Lipinski definition) is 0. The van der Waals surface area contributed by atoms with Crippen molar-refractivity contribution in [2.45, 2.75) is 25.9 Å². The van der Waals surface area contributed by atoms with Crippen molar-refractivity contribution in [2.24, 2.45) is 7.05 Å². The van der Waals surface area contributed by atoms with Crippen molar-refractivity contribution in [3.8, 4) is 0 Å². The Hall–Kier alpha value is -1.78. The van der Waals surface area contributed by atoms with E-state index < -0.39 is 17.3 Å². The second-order valence-corrected chi connectivity index (χ2v) is 4.88. The largest absolute Gasteiger partial charge is 0.417 e. The molecule has 2 aromatic rings. The molecule has 0 atom stereocenters. The second-order valence-electron chi connectivity index (χ2n) is 4.88. The molecule has 0 bridgehead atoms. The lowest BCUT2D eigenvalue weighted by Gasteiger charge is -2.17. The molecule has 0 aliphatic carbocycles. The Morgan fingerprint density at radius 3 is 2.37 bits per heavy atom. The molecule has 1 heterocycles. The van der Waals surface area contributed by atoms with Crippen molar-refractivity contribution < 1.29 is 13.2 Å². The van der Waals surface area contributed by atoms with Gasteiger partial charge in [0.2, 0.25) is 0 Å². The van der Waals surface area contributed by atoms with Crippen molar-refractivity contribution in [1.29, 1.82) is 0 Å². The van der Waals surface area contributed by atoms with Gasteiger partial charge in [-0.15, -0.1) is 0 Å². The van der Waals surface area contributed by atoms with E-state index in [1.54, 1.807) is 7.05 Å². The lowest BCUT2D eigenvalue weighted by molar-refractivity contribution is -0.136. The van der Waals surface area contributed by atoms with E-state index in [0.717, 1.165) is 6.07 Å². The van der Waals surface area contributed by atoms with E-state index in [1.165, 1.54) is 22.9 Å². The zero-order valence-corrected chi connectivity index (χ0v) is 10.9. The number of fused-ring (bicyclic) bond motifs is 1. The molecule has 0 unspecified atom stereocenters. The van der Waals surface area contributed by atoms with Gasteiger partial charge in [0.15, 0.2) is 0 Å². The average Bonchev–Trinajstić information content (AvgIpc) is 2.31. The van der Waals surface area contributed by atoms with E-state index >= 15 is 0 Å². The summed E-state index contributed by atoms with van der Waals surface area (Å²) in [6.45, 7) is 3.62. The number of aryl methyl sites for hydroxylation is 1. The maximum Gasteiger partial charge on any atom is 0.417 e. The Labute approximate surface area is 108 Å². The summed E-state index contributed by atoms with van der Waals surface area (Å²) in [4.78, 5) is 12.0. The monoisotopic (exact) mass is 269 g/mol. The number of pyridine rings is 1. The number of halogens is 3. The summed E-state index contributed by atoms with van der Waals surface area (Å²) in [5, 5.41) is 0.136. The molecule has 0 saturated heterocycles. The molecule has 5 heteroatoms. The van der Waals surface area contributed by atoms with Gasteiger partial charge >= 0.3 is 6.18 Å². The van der Waals surface area contributed by atoms with Gasteiger partial charge in [-0.1, -0.05) is 19.9 Å². The number of benzene rings is 1. The fourth-order valence-corrected chi connectivity index (χ4v) is 2.24. The third-order valence-corrected chi connectivity index (χ3v) is 3.16. The van der Waals surface area contributed by atoms with Gasteiger partial charge in [-0.2, -0.15) is 13.2 Å². The highest BCUT2D eigenvalue weighted by Crippen LogP contribution is 2.37.